The fourth-order valence-corrected chi connectivity index (χ4v) is 5.89. The van der Waals surface area contributed by atoms with Crippen LogP contribution in [0.25, 0.3) is 17.3 Å². The zero-order chi connectivity index (χ0) is 33.2. The van der Waals surface area contributed by atoms with Crippen molar-refractivity contribution in [1.29, 1.82) is 0 Å². The third kappa shape index (κ3) is 9.38. The number of ether oxygens (including phenoxy) is 1. The molecule has 11 heteroatoms. The first-order chi connectivity index (χ1) is 22.8. The molecule has 0 aliphatic carbocycles. The van der Waals surface area contributed by atoms with E-state index in [0.29, 0.717) is 28.6 Å². The Labute approximate surface area is 280 Å². The van der Waals surface area contributed by atoms with Gasteiger partial charge in [-0.15, -0.1) is 23.1 Å². The van der Waals surface area contributed by atoms with Crippen LogP contribution in [0.5, 0.6) is 5.75 Å². The molecule has 3 N–H and O–H groups in total. The average Bonchev–Trinajstić information content (AvgIpc) is 3.55. The molecule has 5 rings (SSSR count). The minimum atomic E-state index is -0.556. The van der Waals surface area contributed by atoms with Crippen LogP contribution < -0.4 is 20.7 Å². The third-order valence-corrected chi connectivity index (χ3v) is 8.57. The summed E-state index contributed by atoms with van der Waals surface area (Å²) in [6.07, 6.45) is 1.48. The van der Waals surface area contributed by atoms with Gasteiger partial charge in [0.25, 0.3) is 11.8 Å². The number of thiazole rings is 1. The van der Waals surface area contributed by atoms with E-state index in [2.05, 4.69) is 20.9 Å². The second kappa shape index (κ2) is 15.8. The van der Waals surface area contributed by atoms with Crippen LogP contribution in [0, 0.1) is 5.82 Å². The van der Waals surface area contributed by atoms with Crippen LogP contribution in [0.2, 0.25) is 0 Å². The fourth-order valence-electron chi connectivity index (χ4n) is 4.30. The maximum absolute atomic E-state index is 13.4. The Kier molecular flexibility index (Phi) is 11.2. The number of thioether (sulfide) groups is 1. The number of amides is 3. The highest BCUT2D eigenvalue weighted by Gasteiger charge is 2.18. The van der Waals surface area contributed by atoms with Crippen LogP contribution in [0.4, 0.5) is 15.2 Å². The molecular formula is C36H31FN4O4S2. The fraction of sp³-hybridized carbons (Fsp3) is 0.111. The van der Waals surface area contributed by atoms with E-state index >= 15 is 0 Å². The highest BCUT2D eigenvalue weighted by atomic mass is 32.2. The number of carbonyl (C=O) groups excluding carboxylic acids is 3. The van der Waals surface area contributed by atoms with Gasteiger partial charge in [-0.1, -0.05) is 30.3 Å². The average molecular weight is 667 g/mol. The molecule has 5 aromatic rings. The smallest absolute Gasteiger partial charge is 0.272 e. The van der Waals surface area contributed by atoms with Crippen molar-refractivity contribution in [3.05, 3.63) is 131 Å². The molecule has 8 nitrogen and oxygen atoms in total. The molecule has 0 radical (unpaired) electrons. The number of rotatable bonds is 12. The first-order valence-corrected chi connectivity index (χ1v) is 16.4. The second-order valence-corrected chi connectivity index (χ2v) is 12.4. The van der Waals surface area contributed by atoms with Gasteiger partial charge < -0.3 is 20.7 Å². The first-order valence-electron chi connectivity index (χ1n) is 14.7. The van der Waals surface area contributed by atoms with Gasteiger partial charge in [0.1, 0.15) is 17.3 Å². The van der Waals surface area contributed by atoms with Gasteiger partial charge in [0.2, 0.25) is 5.91 Å². The molecule has 47 heavy (non-hydrogen) atoms. The first kappa shape index (κ1) is 33.1. The SMILES string of the molecule is CCOc1ccc(-c2csc(NC(=O)C(C)Sc3ccc(NC(=O)/C(=C/c4ccc(F)cc4)NC(=O)c4ccccc4)cc3)n2)cc1. The Bertz CT molecular complexity index is 1860. The lowest BCUT2D eigenvalue weighted by Gasteiger charge is -2.13. The van der Waals surface area contributed by atoms with Gasteiger partial charge in [0.05, 0.1) is 17.6 Å². The number of anilines is 2. The van der Waals surface area contributed by atoms with Crippen LogP contribution in [-0.4, -0.2) is 34.6 Å². The van der Waals surface area contributed by atoms with Gasteiger partial charge in [-0.3, -0.25) is 14.4 Å². The van der Waals surface area contributed by atoms with E-state index < -0.39 is 22.9 Å². The normalized spacial score (nSPS) is 11.8. The van der Waals surface area contributed by atoms with Gasteiger partial charge >= 0.3 is 0 Å². The molecule has 1 aromatic heterocycles. The number of halogens is 1. The Morgan fingerprint density at radius 3 is 2.30 bits per heavy atom. The highest BCUT2D eigenvalue weighted by Crippen LogP contribution is 2.29. The Morgan fingerprint density at radius 1 is 0.915 bits per heavy atom. The summed E-state index contributed by atoms with van der Waals surface area (Å²) in [4.78, 5) is 44.4. The quantitative estimate of drug-likeness (QED) is 0.0924. The molecule has 0 fully saturated rings. The van der Waals surface area contributed by atoms with Gasteiger partial charge in [-0.05, 0) is 98.3 Å². The summed E-state index contributed by atoms with van der Waals surface area (Å²) in [6.45, 7) is 4.33. The molecule has 1 heterocycles. The van der Waals surface area contributed by atoms with Crippen molar-refractivity contribution in [3.63, 3.8) is 0 Å². The molecule has 238 valence electrons. The van der Waals surface area contributed by atoms with Gasteiger partial charge in [0.15, 0.2) is 5.13 Å². The maximum atomic E-state index is 13.4. The van der Waals surface area contributed by atoms with Crippen LogP contribution in [0.3, 0.4) is 0 Å². The number of hydrogen-bond acceptors (Lipinski definition) is 7. The number of benzene rings is 4. The summed E-state index contributed by atoms with van der Waals surface area (Å²) in [5, 5.41) is 10.3. The molecule has 3 amide bonds. The zero-order valence-electron chi connectivity index (χ0n) is 25.5. The van der Waals surface area contributed by atoms with Crippen LogP contribution in [-0.2, 0) is 9.59 Å². The summed E-state index contributed by atoms with van der Waals surface area (Å²) in [5.41, 5.74) is 3.09. The minimum absolute atomic E-state index is 0.0120. The summed E-state index contributed by atoms with van der Waals surface area (Å²) in [6, 6.07) is 28.7. The lowest BCUT2D eigenvalue weighted by molar-refractivity contribution is -0.115. The number of aromatic nitrogens is 1. The van der Waals surface area contributed by atoms with Crippen molar-refractivity contribution in [3.8, 4) is 17.0 Å². The maximum Gasteiger partial charge on any atom is 0.272 e. The van der Waals surface area contributed by atoms with Gasteiger partial charge in [0, 0.05) is 27.1 Å². The Morgan fingerprint density at radius 2 is 1.62 bits per heavy atom. The predicted octanol–water partition coefficient (Wildman–Crippen LogP) is 7.88. The second-order valence-electron chi connectivity index (χ2n) is 10.2. The van der Waals surface area contributed by atoms with Crippen molar-refractivity contribution in [2.75, 3.05) is 17.2 Å². The monoisotopic (exact) mass is 666 g/mol. The number of nitrogens with one attached hydrogen (secondary N) is 3. The van der Waals surface area contributed by atoms with E-state index in [1.54, 1.807) is 61.5 Å². The summed E-state index contributed by atoms with van der Waals surface area (Å²) in [5.74, 6) is -0.830. The van der Waals surface area contributed by atoms with E-state index in [4.69, 9.17) is 4.74 Å². The highest BCUT2D eigenvalue weighted by molar-refractivity contribution is 8.00. The molecule has 1 unspecified atom stereocenters. The van der Waals surface area contributed by atoms with Crippen molar-refractivity contribution in [2.24, 2.45) is 0 Å². The van der Waals surface area contributed by atoms with Crippen molar-refractivity contribution >= 4 is 57.7 Å². The Balaban J connectivity index is 1.19. The van der Waals surface area contributed by atoms with Crippen LogP contribution >= 0.6 is 23.1 Å². The van der Waals surface area contributed by atoms with E-state index in [1.165, 1.54) is 53.4 Å². The molecule has 0 aliphatic heterocycles. The zero-order valence-corrected chi connectivity index (χ0v) is 27.2. The van der Waals surface area contributed by atoms with Crippen LogP contribution in [0.15, 0.2) is 119 Å². The lowest BCUT2D eigenvalue weighted by Crippen LogP contribution is -2.30. The van der Waals surface area contributed by atoms with Crippen molar-refractivity contribution < 1.29 is 23.5 Å². The lowest BCUT2D eigenvalue weighted by atomic mass is 10.1. The molecule has 1 atom stereocenters. The summed E-state index contributed by atoms with van der Waals surface area (Å²) in [7, 11) is 0. The van der Waals surface area contributed by atoms with E-state index in [0.717, 1.165) is 21.9 Å². The molecule has 0 aliphatic rings. The minimum Gasteiger partial charge on any atom is -0.494 e. The standard InChI is InChI=1S/C36H31FN4O4S2/c1-3-45-29-17-11-25(12-18-29)32-22-46-36(40-32)41-33(42)23(2)47-30-19-15-28(16-20-30)38-35(44)31(21-24-9-13-27(37)14-10-24)39-34(43)26-7-5-4-6-8-26/h4-23H,3H2,1-2H3,(H,38,44)(H,39,43)(H,40,41,42)/b31-21-. The van der Waals surface area contributed by atoms with Gasteiger partial charge in [-0.25, -0.2) is 9.37 Å². The molecular weight excluding hydrogens is 636 g/mol. The molecule has 0 saturated heterocycles. The van der Waals surface area contributed by atoms with E-state index in [9.17, 15) is 18.8 Å². The van der Waals surface area contributed by atoms with Crippen molar-refractivity contribution in [1.82, 2.24) is 10.3 Å². The number of nitrogens with zero attached hydrogens (tertiary/aromatic N) is 1. The summed E-state index contributed by atoms with van der Waals surface area (Å²) >= 11 is 2.72. The predicted molar refractivity (Wildman–Crippen MR) is 186 cm³/mol. The largest absolute Gasteiger partial charge is 0.494 e. The topological polar surface area (TPSA) is 109 Å². The van der Waals surface area contributed by atoms with Crippen LogP contribution in [0.1, 0.15) is 29.8 Å². The number of carbonyl (C=O) groups is 3. The van der Waals surface area contributed by atoms with Crippen molar-refractivity contribution in [2.45, 2.75) is 24.0 Å². The molecule has 0 bridgehead atoms. The molecule has 0 spiro atoms. The van der Waals surface area contributed by atoms with E-state index in [1.807, 2.05) is 36.6 Å². The van der Waals surface area contributed by atoms with Gasteiger partial charge in [-0.2, -0.15) is 0 Å². The Hall–Kier alpha value is -5.26. The summed E-state index contributed by atoms with van der Waals surface area (Å²) < 4.78 is 18.9. The number of hydrogen-bond donors (Lipinski definition) is 3. The molecule has 0 saturated carbocycles. The third-order valence-electron chi connectivity index (χ3n) is 6.70. The van der Waals surface area contributed by atoms with E-state index in [-0.39, 0.29) is 11.6 Å². The molecule has 4 aromatic carbocycles.